The van der Waals surface area contributed by atoms with Gasteiger partial charge in [-0.1, -0.05) is 53.6 Å². The van der Waals surface area contributed by atoms with Gasteiger partial charge in [0.05, 0.1) is 12.2 Å². The number of hydrogen-bond acceptors (Lipinski definition) is 3. The molecule has 0 saturated heterocycles. The number of nitrogens with one attached hydrogen (secondary N) is 2. The van der Waals surface area contributed by atoms with Gasteiger partial charge >= 0.3 is 0 Å². The number of amides is 1. The number of H-pyrrole nitrogens is 1. The van der Waals surface area contributed by atoms with Crippen LogP contribution in [0.2, 0.25) is 5.02 Å². The highest BCUT2D eigenvalue weighted by Crippen LogP contribution is 2.22. The molecule has 0 aliphatic carbocycles. The molecule has 0 unspecified atom stereocenters. The largest absolute Gasteiger partial charge is 0.302 e. The van der Waals surface area contributed by atoms with Gasteiger partial charge in [-0.3, -0.25) is 14.6 Å². The molecule has 0 fully saturated rings. The van der Waals surface area contributed by atoms with Crippen LogP contribution in [-0.4, -0.2) is 25.9 Å². The Balaban J connectivity index is 1.47. The number of anilines is 1. The summed E-state index contributed by atoms with van der Waals surface area (Å²) in [5, 5.41) is 14.1. The molecule has 2 aromatic carbocycles. The predicted molar refractivity (Wildman–Crippen MR) is 109 cm³/mol. The van der Waals surface area contributed by atoms with E-state index in [1.165, 1.54) is 16.8 Å². The van der Waals surface area contributed by atoms with Crippen molar-refractivity contribution >= 4 is 23.3 Å². The SMILES string of the molecule is Cc1ccc(-c2cc(C(=O)Nc3nn(Cc4cccc(F)c4)cc3Cl)[nH]n2)cc1. The molecule has 0 aliphatic heterocycles. The first kappa shape index (κ1) is 18.9. The van der Waals surface area contributed by atoms with E-state index in [0.29, 0.717) is 12.2 Å². The number of rotatable bonds is 5. The van der Waals surface area contributed by atoms with Crippen LogP contribution in [0, 0.1) is 12.7 Å². The fourth-order valence-corrected chi connectivity index (χ4v) is 3.07. The molecule has 8 heteroatoms. The second-order valence-corrected chi connectivity index (χ2v) is 7.05. The molecule has 0 bridgehead atoms. The van der Waals surface area contributed by atoms with Gasteiger partial charge in [0, 0.05) is 11.8 Å². The van der Waals surface area contributed by atoms with Crippen molar-refractivity contribution in [2.45, 2.75) is 13.5 Å². The van der Waals surface area contributed by atoms with E-state index in [9.17, 15) is 9.18 Å². The van der Waals surface area contributed by atoms with Gasteiger partial charge in [0.1, 0.15) is 16.5 Å². The number of carbonyl (C=O) groups excluding carboxylic acids is 1. The van der Waals surface area contributed by atoms with E-state index in [-0.39, 0.29) is 22.4 Å². The van der Waals surface area contributed by atoms with Crippen molar-refractivity contribution in [1.82, 2.24) is 20.0 Å². The third kappa shape index (κ3) is 4.35. The van der Waals surface area contributed by atoms with E-state index in [1.54, 1.807) is 24.4 Å². The highest BCUT2D eigenvalue weighted by Gasteiger charge is 2.15. The Morgan fingerprint density at radius 1 is 1.21 bits per heavy atom. The zero-order valence-electron chi connectivity index (χ0n) is 15.5. The maximum atomic E-state index is 13.3. The van der Waals surface area contributed by atoms with Crippen LogP contribution in [0.4, 0.5) is 10.2 Å². The summed E-state index contributed by atoms with van der Waals surface area (Å²) in [6, 6.07) is 15.7. The number of benzene rings is 2. The Morgan fingerprint density at radius 3 is 2.76 bits per heavy atom. The average Bonchev–Trinajstić information content (AvgIpc) is 3.30. The van der Waals surface area contributed by atoms with E-state index in [0.717, 1.165) is 16.7 Å². The number of aryl methyl sites for hydroxylation is 1. The lowest BCUT2D eigenvalue weighted by Crippen LogP contribution is -2.13. The van der Waals surface area contributed by atoms with Gasteiger partial charge < -0.3 is 5.32 Å². The summed E-state index contributed by atoms with van der Waals surface area (Å²) < 4.78 is 14.9. The lowest BCUT2D eigenvalue weighted by atomic mass is 10.1. The topological polar surface area (TPSA) is 75.6 Å². The second-order valence-electron chi connectivity index (χ2n) is 6.64. The minimum absolute atomic E-state index is 0.222. The van der Waals surface area contributed by atoms with E-state index >= 15 is 0 Å². The molecule has 2 heterocycles. The van der Waals surface area contributed by atoms with Crippen molar-refractivity contribution < 1.29 is 9.18 Å². The Labute approximate surface area is 171 Å². The summed E-state index contributed by atoms with van der Waals surface area (Å²) in [5.41, 5.74) is 3.74. The molecule has 0 aliphatic rings. The summed E-state index contributed by atoms with van der Waals surface area (Å²) in [7, 11) is 0. The summed E-state index contributed by atoms with van der Waals surface area (Å²) in [5.74, 6) is -0.508. The number of aromatic amines is 1. The molecule has 2 aromatic heterocycles. The molecule has 0 radical (unpaired) electrons. The van der Waals surface area contributed by atoms with Gasteiger partial charge in [-0.15, -0.1) is 0 Å². The van der Waals surface area contributed by atoms with Crippen molar-refractivity contribution in [1.29, 1.82) is 0 Å². The summed E-state index contributed by atoms with van der Waals surface area (Å²) in [4.78, 5) is 12.5. The minimum atomic E-state index is -0.409. The summed E-state index contributed by atoms with van der Waals surface area (Å²) >= 11 is 6.19. The number of carbonyl (C=O) groups is 1. The molecule has 146 valence electrons. The maximum Gasteiger partial charge on any atom is 0.274 e. The number of halogens is 2. The number of aromatic nitrogens is 4. The molecule has 4 aromatic rings. The quantitative estimate of drug-likeness (QED) is 0.502. The molecule has 4 rings (SSSR count). The second kappa shape index (κ2) is 7.89. The normalized spacial score (nSPS) is 10.9. The van der Waals surface area contributed by atoms with Crippen LogP contribution in [0.15, 0.2) is 60.8 Å². The summed E-state index contributed by atoms with van der Waals surface area (Å²) in [6.07, 6.45) is 1.58. The van der Waals surface area contributed by atoms with Gasteiger partial charge in [0.25, 0.3) is 5.91 Å². The van der Waals surface area contributed by atoms with E-state index < -0.39 is 5.91 Å². The Kier molecular flexibility index (Phi) is 5.14. The third-order valence-electron chi connectivity index (χ3n) is 4.35. The van der Waals surface area contributed by atoms with Crippen molar-refractivity contribution in [3.63, 3.8) is 0 Å². The first-order chi connectivity index (χ1) is 14.0. The number of nitrogens with zero attached hydrogens (tertiary/aromatic N) is 3. The van der Waals surface area contributed by atoms with E-state index in [1.807, 2.05) is 31.2 Å². The molecule has 2 N–H and O–H groups in total. The maximum absolute atomic E-state index is 13.3. The van der Waals surface area contributed by atoms with E-state index in [4.69, 9.17) is 11.6 Å². The van der Waals surface area contributed by atoms with Crippen LogP contribution >= 0.6 is 11.6 Å². The van der Waals surface area contributed by atoms with Crippen LogP contribution in [0.3, 0.4) is 0 Å². The Hall–Kier alpha value is -3.45. The van der Waals surface area contributed by atoms with Crippen molar-refractivity contribution in [3.05, 3.63) is 88.5 Å². The zero-order valence-corrected chi connectivity index (χ0v) is 16.2. The molecule has 1 amide bonds. The number of hydrogen-bond donors (Lipinski definition) is 2. The summed E-state index contributed by atoms with van der Waals surface area (Å²) in [6.45, 7) is 2.33. The minimum Gasteiger partial charge on any atom is -0.302 e. The van der Waals surface area contributed by atoms with Crippen LogP contribution < -0.4 is 5.32 Å². The van der Waals surface area contributed by atoms with Gasteiger partial charge in [0.2, 0.25) is 0 Å². The van der Waals surface area contributed by atoms with Crippen molar-refractivity contribution in [3.8, 4) is 11.3 Å². The van der Waals surface area contributed by atoms with Gasteiger partial charge in [-0.2, -0.15) is 10.2 Å². The highest BCUT2D eigenvalue weighted by atomic mass is 35.5. The Morgan fingerprint density at radius 2 is 2.00 bits per heavy atom. The van der Waals surface area contributed by atoms with Gasteiger partial charge in [0.15, 0.2) is 5.82 Å². The van der Waals surface area contributed by atoms with Gasteiger partial charge in [-0.05, 0) is 30.7 Å². The average molecular weight is 410 g/mol. The van der Waals surface area contributed by atoms with Crippen LogP contribution in [0.5, 0.6) is 0 Å². The molecular weight excluding hydrogens is 393 g/mol. The molecule has 6 nitrogen and oxygen atoms in total. The molecule has 0 spiro atoms. The molecule has 0 atom stereocenters. The molecule has 29 heavy (non-hydrogen) atoms. The lowest BCUT2D eigenvalue weighted by molar-refractivity contribution is 0.102. The first-order valence-corrected chi connectivity index (χ1v) is 9.27. The Bertz CT molecular complexity index is 1170. The molecular formula is C21H17ClFN5O. The van der Waals surface area contributed by atoms with Crippen LogP contribution in [-0.2, 0) is 6.54 Å². The lowest BCUT2D eigenvalue weighted by Gasteiger charge is -2.02. The fourth-order valence-electron chi connectivity index (χ4n) is 2.87. The smallest absolute Gasteiger partial charge is 0.274 e. The van der Waals surface area contributed by atoms with Gasteiger partial charge in [-0.25, -0.2) is 4.39 Å². The molecule has 0 saturated carbocycles. The standard InChI is InChI=1S/C21H17ClFN5O/c1-13-5-7-15(8-6-13)18-10-19(26-25-18)21(29)24-20-17(22)12-28(27-20)11-14-3-2-4-16(23)9-14/h2-10,12H,11H2,1H3,(H,25,26)(H,24,27,29). The predicted octanol–water partition coefficient (Wildman–Crippen LogP) is 4.67. The fraction of sp³-hybridized carbons (Fsp3) is 0.0952. The van der Waals surface area contributed by atoms with Crippen molar-refractivity contribution in [2.24, 2.45) is 0 Å². The highest BCUT2D eigenvalue weighted by molar-refractivity contribution is 6.33. The van der Waals surface area contributed by atoms with Crippen LogP contribution in [0.1, 0.15) is 21.6 Å². The third-order valence-corrected chi connectivity index (χ3v) is 4.63. The monoisotopic (exact) mass is 409 g/mol. The zero-order chi connectivity index (χ0) is 20.4. The van der Waals surface area contributed by atoms with Crippen LogP contribution in [0.25, 0.3) is 11.3 Å². The van der Waals surface area contributed by atoms with E-state index in [2.05, 4.69) is 20.6 Å². The first-order valence-electron chi connectivity index (χ1n) is 8.89. The van der Waals surface area contributed by atoms with Crippen molar-refractivity contribution in [2.75, 3.05) is 5.32 Å².